The minimum absolute atomic E-state index is 0.0960. The summed E-state index contributed by atoms with van der Waals surface area (Å²) in [4.78, 5) is 14.3. The third-order valence-corrected chi connectivity index (χ3v) is 5.52. The molecule has 0 aliphatic carbocycles. The van der Waals surface area contributed by atoms with E-state index >= 15 is 0 Å². The number of unbranched alkanes of at least 4 members (excludes halogenated alkanes) is 1. The second-order valence-corrected chi connectivity index (χ2v) is 8.63. The summed E-state index contributed by atoms with van der Waals surface area (Å²) in [5, 5.41) is 2.74. The first-order valence-electron chi connectivity index (χ1n) is 10.0. The molecule has 0 radical (unpaired) electrons. The van der Waals surface area contributed by atoms with Crippen molar-refractivity contribution < 1.29 is 31.1 Å². The molecule has 0 unspecified atom stereocenters. The van der Waals surface area contributed by atoms with Crippen molar-refractivity contribution in [3.8, 4) is 0 Å². The van der Waals surface area contributed by atoms with Gasteiger partial charge in [0.25, 0.3) is 0 Å². The molecule has 0 fully saturated rings. The van der Waals surface area contributed by atoms with Gasteiger partial charge in [0.15, 0.2) is 0 Å². The molecule has 1 N–H and O–H groups in total. The van der Waals surface area contributed by atoms with Crippen molar-refractivity contribution in [2.24, 2.45) is 0 Å². The van der Waals surface area contributed by atoms with E-state index in [1.54, 1.807) is 24.3 Å². The van der Waals surface area contributed by atoms with E-state index in [0.29, 0.717) is 29.1 Å². The Kier molecular flexibility index (Phi) is 9.42. The van der Waals surface area contributed by atoms with E-state index in [1.165, 1.54) is 12.2 Å². The van der Waals surface area contributed by atoms with Crippen LogP contribution in [0.1, 0.15) is 29.5 Å². The van der Waals surface area contributed by atoms with E-state index < -0.39 is 23.5 Å². The topological polar surface area (TPSA) is 32.3 Å². The molecule has 180 valence electrons. The van der Waals surface area contributed by atoms with Crippen molar-refractivity contribution in [1.82, 2.24) is 10.2 Å². The molecule has 2 rings (SSSR count). The highest BCUT2D eigenvalue weighted by atomic mass is 32.2. The Morgan fingerprint density at radius 2 is 1.58 bits per heavy atom. The van der Waals surface area contributed by atoms with Crippen LogP contribution in [0.15, 0.2) is 58.3 Å². The second-order valence-electron chi connectivity index (χ2n) is 7.52. The maximum atomic E-state index is 13.1. The number of carbonyl (C=O) groups is 1. The molecule has 2 aromatic rings. The van der Waals surface area contributed by atoms with Gasteiger partial charge in [-0.05, 0) is 69.4 Å². The molecule has 0 atom stereocenters. The predicted octanol–water partition coefficient (Wildman–Crippen LogP) is 6.35. The van der Waals surface area contributed by atoms with Crippen LogP contribution in [0.2, 0.25) is 0 Å². The Labute approximate surface area is 192 Å². The van der Waals surface area contributed by atoms with Crippen LogP contribution >= 0.6 is 11.8 Å². The third-order valence-electron chi connectivity index (χ3n) is 4.45. The predicted molar refractivity (Wildman–Crippen MR) is 117 cm³/mol. The number of benzene rings is 2. The maximum Gasteiger partial charge on any atom is 0.416 e. The molecule has 0 aliphatic heterocycles. The number of rotatable bonds is 9. The number of hydrogen-bond acceptors (Lipinski definition) is 3. The van der Waals surface area contributed by atoms with Crippen molar-refractivity contribution in [2.75, 3.05) is 27.2 Å². The summed E-state index contributed by atoms with van der Waals surface area (Å²) in [5.41, 5.74) is -2.25. The van der Waals surface area contributed by atoms with Crippen LogP contribution in [0.25, 0.3) is 6.08 Å². The fraction of sp³-hybridized carbons (Fsp3) is 0.348. The van der Waals surface area contributed by atoms with E-state index in [9.17, 15) is 31.1 Å². The van der Waals surface area contributed by atoms with E-state index in [4.69, 9.17) is 0 Å². The lowest BCUT2D eigenvalue weighted by atomic mass is 10.1. The molecule has 0 bridgehead atoms. The maximum absolute atomic E-state index is 13.1. The van der Waals surface area contributed by atoms with Gasteiger partial charge in [-0.2, -0.15) is 26.3 Å². The lowest BCUT2D eigenvalue weighted by Gasteiger charge is -2.14. The van der Waals surface area contributed by atoms with Crippen molar-refractivity contribution >= 4 is 23.7 Å². The zero-order valence-corrected chi connectivity index (χ0v) is 18.9. The molecule has 0 spiro atoms. The normalized spacial score (nSPS) is 12.5. The van der Waals surface area contributed by atoms with Gasteiger partial charge in [-0.15, -0.1) is 0 Å². The first kappa shape index (κ1) is 26.8. The molecular formula is C23H24F6N2OS. The van der Waals surface area contributed by atoms with Crippen LogP contribution in [0.4, 0.5) is 26.3 Å². The first-order valence-corrected chi connectivity index (χ1v) is 10.8. The van der Waals surface area contributed by atoms with Gasteiger partial charge >= 0.3 is 12.4 Å². The van der Waals surface area contributed by atoms with Gasteiger partial charge in [0.05, 0.1) is 11.1 Å². The Hall–Kier alpha value is -2.46. The Morgan fingerprint density at radius 3 is 2.15 bits per heavy atom. The van der Waals surface area contributed by atoms with Crippen LogP contribution in [0.5, 0.6) is 0 Å². The fourth-order valence-corrected chi connectivity index (χ4v) is 3.84. The van der Waals surface area contributed by atoms with E-state index in [2.05, 4.69) is 5.32 Å². The van der Waals surface area contributed by atoms with Crippen LogP contribution in [0, 0.1) is 0 Å². The monoisotopic (exact) mass is 490 g/mol. The molecule has 0 aromatic heterocycles. The molecule has 0 aliphatic rings. The quantitative estimate of drug-likeness (QED) is 0.253. The SMILES string of the molecule is CN(C)CCCCNC(=O)/C=C/c1ccccc1Sc1cc(C(F)(F)F)cc(C(F)(F)F)c1. The van der Waals surface area contributed by atoms with Gasteiger partial charge in [-0.1, -0.05) is 30.0 Å². The van der Waals surface area contributed by atoms with Gasteiger partial charge in [0, 0.05) is 22.4 Å². The van der Waals surface area contributed by atoms with Crippen LogP contribution in [-0.4, -0.2) is 38.0 Å². The Bertz CT molecular complexity index is 938. The summed E-state index contributed by atoms with van der Waals surface area (Å²) < 4.78 is 78.7. The largest absolute Gasteiger partial charge is 0.416 e. The molecule has 2 aromatic carbocycles. The highest BCUT2D eigenvalue weighted by molar-refractivity contribution is 7.99. The summed E-state index contributed by atoms with van der Waals surface area (Å²) in [7, 11) is 3.92. The lowest BCUT2D eigenvalue weighted by Crippen LogP contribution is -2.23. The molecule has 33 heavy (non-hydrogen) atoms. The van der Waals surface area contributed by atoms with Gasteiger partial charge in [0.1, 0.15) is 0 Å². The summed E-state index contributed by atoms with van der Waals surface area (Å²) in [6.45, 7) is 1.40. The highest BCUT2D eigenvalue weighted by Gasteiger charge is 2.37. The minimum atomic E-state index is -4.92. The van der Waals surface area contributed by atoms with Gasteiger partial charge in [-0.3, -0.25) is 4.79 Å². The van der Waals surface area contributed by atoms with Gasteiger partial charge in [0.2, 0.25) is 5.91 Å². The fourth-order valence-electron chi connectivity index (χ4n) is 2.81. The van der Waals surface area contributed by atoms with Crippen molar-refractivity contribution in [3.05, 3.63) is 65.2 Å². The lowest BCUT2D eigenvalue weighted by molar-refractivity contribution is -0.143. The smallest absolute Gasteiger partial charge is 0.353 e. The average Bonchev–Trinajstić information content (AvgIpc) is 2.71. The molecule has 0 saturated carbocycles. The average molecular weight is 491 g/mol. The molecular weight excluding hydrogens is 466 g/mol. The number of amides is 1. The van der Waals surface area contributed by atoms with Gasteiger partial charge in [-0.25, -0.2) is 0 Å². The molecule has 10 heteroatoms. The van der Waals surface area contributed by atoms with E-state index in [0.717, 1.165) is 31.1 Å². The zero-order valence-electron chi connectivity index (χ0n) is 18.1. The summed E-state index contributed by atoms with van der Waals surface area (Å²) in [6, 6.07) is 7.93. The number of carbonyl (C=O) groups excluding carboxylic acids is 1. The van der Waals surface area contributed by atoms with Crippen molar-refractivity contribution in [2.45, 2.75) is 35.0 Å². The van der Waals surface area contributed by atoms with E-state index in [1.807, 2.05) is 19.0 Å². The highest BCUT2D eigenvalue weighted by Crippen LogP contribution is 2.40. The summed E-state index contributed by atoms with van der Waals surface area (Å²) in [5.74, 6) is -0.335. The molecule has 3 nitrogen and oxygen atoms in total. The standard InChI is InChI=1S/C23H24F6N2OS/c1-31(2)12-6-5-11-30-21(32)10-9-16-7-3-4-8-20(16)33-19-14-17(22(24,25)26)13-18(15-19)23(27,28)29/h3-4,7-10,13-15H,5-6,11-12H2,1-2H3,(H,30,32)/b10-9+. The van der Waals surface area contributed by atoms with Crippen LogP contribution in [0.3, 0.4) is 0 Å². The van der Waals surface area contributed by atoms with E-state index in [-0.39, 0.29) is 16.9 Å². The molecule has 1 amide bonds. The van der Waals surface area contributed by atoms with Crippen molar-refractivity contribution in [3.63, 3.8) is 0 Å². The van der Waals surface area contributed by atoms with Crippen molar-refractivity contribution in [1.29, 1.82) is 0 Å². The first-order chi connectivity index (χ1) is 15.4. The van der Waals surface area contributed by atoms with Crippen LogP contribution in [-0.2, 0) is 17.1 Å². The number of alkyl halides is 6. The Morgan fingerprint density at radius 1 is 0.970 bits per heavy atom. The summed E-state index contributed by atoms with van der Waals surface area (Å²) in [6.07, 6.45) is -5.33. The number of nitrogens with one attached hydrogen (secondary N) is 1. The third kappa shape index (κ3) is 9.13. The number of halogens is 6. The molecule has 0 saturated heterocycles. The number of hydrogen-bond donors (Lipinski definition) is 1. The minimum Gasteiger partial charge on any atom is -0.353 e. The van der Waals surface area contributed by atoms with Gasteiger partial charge < -0.3 is 10.2 Å². The zero-order chi connectivity index (χ0) is 24.6. The molecule has 0 heterocycles. The summed E-state index contributed by atoms with van der Waals surface area (Å²) >= 11 is 0.766. The van der Waals surface area contributed by atoms with Crippen LogP contribution < -0.4 is 5.32 Å². The second kappa shape index (κ2) is 11.6. The Balaban J connectivity index is 2.16. The number of nitrogens with zero attached hydrogens (tertiary/aromatic N) is 1.